The van der Waals surface area contributed by atoms with Gasteiger partial charge in [-0.1, -0.05) is 0 Å². The normalized spacial score (nSPS) is 19.3. The molecule has 0 fully saturated rings. The van der Waals surface area contributed by atoms with E-state index in [0.29, 0.717) is 36.4 Å². The van der Waals surface area contributed by atoms with E-state index in [-0.39, 0.29) is 17.7 Å². The SMILES string of the molecule is Cc1cc2c(cc1S(=O)(=O)NC1CCc3nnc(C)n3C1)OCO2. The molecule has 9 heteroatoms. The van der Waals surface area contributed by atoms with Crippen molar-refractivity contribution in [2.24, 2.45) is 0 Å². The Morgan fingerprint density at radius 3 is 2.75 bits per heavy atom. The summed E-state index contributed by atoms with van der Waals surface area (Å²) in [7, 11) is -3.65. The van der Waals surface area contributed by atoms with Crippen molar-refractivity contribution in [2.75, 3.05) is 6.79 Å². The minimum atomic E-state index is -3.65. The highest BCUT2D eigenvalue weighted by atomic mass is 32.2. The van der Waals surface area contributed by atoms with E-state index in [4.69, 9.17) is 9.47 Å². The highest BCUT2D eigenvalue weighted by molar-refractivity contribution is 7.89. The molecule has 2 aliphatic rings. The van der Waals surface area contributed by atoms with Crippen LogP contribution in [0.15, 0.2) is 17.0 Å². The van der Waals surface area contributed by atoms with E-state index < -0.39 is 10.0 Å². The lowest BCUT2D eigenvalue weighted by molar-refractivity contribution is 0.174. The first kappa shape index (κ1) is 15.4. The minimum Gasteiger partial charge on any atom is -0.454 e. The van der Waals surface area contributed by atoms with Crippen molar-refractivity contribution in [3.05, 3.63) is 29.3 Å². The summed E-state index contributed by atoms with van der Waals surface area (Å²) in [5, 5.41) is 8.15. The molecule has 1 atom stereocenters. The van der Waals surface area contributed by atoms with Crippen LogP contribution in [-0.2, 0) is 23.0 Å². The van der Waals surface area contributed by atoms with Crippen LogP contribution in [-0.4, -0.2) is 36.0 Å². The Morgan fingerprint density at radius 2 is 1.96 bits per heavy atom. The summed E-state index contributed by atoms with van der Waals surface area (Å²) in [6, 6.07) is 3.03. The third kappa shape index (κ3) is 2.53. The molecule has 0 aliphatic carbocycles. The second kappa shape index (κ2) is 5.45. The molecule has 0 radical (unpaired) electrons. The lowest BCUT2D eigenvalue weighted by atomic mass is 10.1. The molecule has 0 saturated heterocycles. The summed E-state index contributed by atoms with van der Waals surface area (Å²) in [6.45, 7) is 4.27. The fourth-order valence-electron chi connectivity index (χ4n) is 3.16. The van der Waals surface area contributed by atoms with Gasteiger partial charge in [0.05, 0.1) is 4.90 Å². The number of hydrogen-bond acceptors (Lipinski definition) is 6. The summed E-state index contributed by atoms with van der Waals surface area (Å²) in [4.78, 5) is 0.220. The predicted molar refractivity (Wildman–Crippen MR) is 84.5 cm³/mol. The number of fused-ring (bicyclic) bond motifs is 2. The first-order chi connectivity index (χ1) is 11.4. The molecule has 1 N–H and O–H groups in total. The van der Waals surface area contributed by atoms with Gasteiger partial charge >= 0.3 is 0 Å². The van der Waals surface area contributed by atoms with Gasteiger partial charge in [-0.25, -0.2) is 13.1 Å². The van der Waals surface area contributed by atoms with Crippen LogP contribution in [0.2, 0.25) is 0 Å². The Labute approximate surface area is 139 Å². The fourth-order valence-corrected chi connectivity index (χ4v) is 4.66. The van der Waals surface area contributed by atoms with Gasteiger partial charge in [0.15, 0.2) is 11.5 Å². The van der Waals surface area contributed by atoms with Crippen molar-refractivity contribution < 1.29 is 17.9 Å². The van der Waals surface area contributed by atoms with Crippen LogP contribution in [0.5, 0.6) is 11.5 Å². The van der Waals surface area contributed by atoms with Gasteiger partial charge in [0.2, 0.25) is 16.8 Å². The lowest BCUT2D eigenvalue weighted by Crippen LogP contribution is -2.41. The smallest absolute Gasteiger partial charge is 0.241 e. The maximum atomic E-state index is 12.8. The number of rotatable bonds is 3. The molecule has 1 aromatic heterocycles. The van der Waals surface area contributed by atoms with E-state index in [1.54, 1.807) is 13.0 Å². The third-order valence-corrected chi connectivity index (χ3v) is 6.08. The first-order valence-corrected chi connectivity index (χ1v) is 9.23. The average Bonchev–Trinajstić information content (AvgIpc) is 3.13. The van der Waals surface area contributed by atoms with Crippen molar-refractivity contribution in [3.63, 3.8) is 0 Å². The lowest BCUT2D eigenvalue weighted by Gasteiger charge is -2.25. The van der Waals surface area contributed by atoms with Gasteiger partial charge in [-0.3, -0.25) is 0 Å². The second-order valence-electron chi connectivity index (χ2n) is 6.10. The first-order valence-electron chi connectivity index (χ1n) is 7.75. The van der Waals surface area contributed by atoms with Crippen molar-refractivity contribution in [3.8, 4) is 11.5 Å². The van der Waals surface area contributed by atoms with E-state index in [1.165, 1.54) is 6.07 Å². The average molecular weight is 350 g/mol. The monoisotopic (exact) mass is 350 g/mol. The number of ether oxygens (including phenoxy) is 2. The molecule has 128 valence electrons. The minimum absolute atomic E-state index is 0.115. The molecule has 4 rings (SSSR count). The van der Waals surface area contributed by atoms with Crippen LogP contribution in [0.4, 0.5) is 0 Å². The molecule has 1 unspecified atom stereocenters. The standard InChI is InChI=1S/C15H18N4O4S/c1-9-5-12-13(23-8-22-12)6-14(9)24(20,21)18-11-3-4-15-17-16-10(2)19(15)7-11/h5-6,11,18H,3-4,7-8H2,1-2H3. The Bertz CT molecular complexity index is 906. The van der Waals surface area contributed by atoms with Crippen molar-refractivity contribution in [2.45, 2.75) is 44.2 Å². The van der Waals surface area contributed by atoms with Gasteiger partial charge < -0.3 is 14.0 Å². The molecular weight excluding hydrogens is 332 g/mol. The molecule has 0 amide bonds. The maximum absolute atomic E-state index is 12.8. The second-order valence-corrected chi connectivity index (χ2v) is 7.78. The molecule has 8 nitrogen and oxygen atoms in total. The van der Waals surface area contributed by atoms with E-state index in [0.717, 1.165) is 11.6 Å². The van der Waals surface area contributed by atoms with Crippen LogP contribution in [0.25, 0.3) is 0 Å². The van der Waals surface area contributed by atoms with Gasteiger partial charge in [-0.15, -0.1) is 10.2 Å². The highest BCUT2D eigenvalue weighted by Crippen LogP contribution is 2.36. The summed E-state index contributed by atoms with van der Waals surface area (Å²) in [5.41, 5.74) is 0.628. The Morgan fingerprint density at radius 1 is 1.21 bits per heavy atom. The van der Waals surface area contributed by atoms with E-state index in [9.17, 15) is 8.42 Å². The van der Waals surface area contributed by atoms with E-state index in [1.807, 2.05) is 11.5 Å². The van der Waals surface area contributed by atoms with Gasteiger partial charge in [-0.2, -0.15) is 0 Å². The third-order valence-electron chi connectivity index (χ3n) is 4.41. The van der Waals surface area contributed by atoms with E-state index >= 15 is 0 Å². The summed E-state index contributed by atoms with van der Waals surface area (Å²) in [6.07, 6.45) is 1.40. The van der Waals surface area contributed by atoms with Crippen LogP contribution in [0.3, 0.4) is 0 Å². The Hall–Kier alpha value is -2.13. The Kier molecular flexibility index (Phi) is 3.50. The van der Waals surface area contributed by atoms with Gasteiger partial charge in [0, 0.05) is 25.1 Å². The zero-order valence-electron chi connectivity index (χ0n) is 13.4. The number of sulfonamides is 1. The summed E-state index contributed by atoms with van der Waals surface area (Å²) in [5.74, 6) is 2.74. The maximum Gasteiger partial charge on any atom is 0.241 e. The van der Waals surface area contributed by atoms with Crippen molar-refractivity contribution >= 4 is 10.0 Å². The van der Waals surface area contributed by atoms with Gasteiger partial charge in [0.1, 0.15) is 11.6 Å². The number of benzene rings is 1. The molecule has 24 heavy (non-hydrogen) atoms. The van der Waals surface area contributed by atoms with Crippen LogP contribution < -0.4 is 14.2 Å². The predicted octanol–water partition coefficient (Wildman–Crippen LogP) is 0.917. The summed E-state index contributed by atoms with van der Waals surface area (Å²) < 4.78 is 41.0. The van der Waals surface area contributed by atoms with E-state index in [2.05, 4.69) is 14.9 Å². The number of nitrogens with one attached hydrogen (secondary N) is 1. The molecule has 3 heterocycles. The van der Waals surface area contributed by atoms with Crippen molar-refractivity contribution in [1.82, 2.24) is 19.5 Å². The zero-order valence-corrected chi connectivity index (χ0v) is 14.3. The number of aromatic nitrogens is 3. The number of aryl methyl sites for hydroxylation is 3. The molecular formula is C15H18N4O4S. The van der Waals surface area contributed by atoms with Crippen LogP contribution in [0.1, 0.15) is 23.6 Å². The molecule has 1 aromatic carbocycles. The molecule has 0 bridgehead atoms. The number of nitrogens with zero attached hydrogens (tertiary/aromatic N) is 3. The highest BCUT2D eigenvalue weighted by Gasteiger charge is 2.28. The molecule has 0 saturated carbocycles. The quantitative estimate of drug-likeness (QED) is 0.884. The fraction of sp³-hybridized carbons (Fsp3) is 0.467. The Balaban J connectivity index is 1.60. The molecule has 2 aromatic rings. The largest absolute Gasteiger partial charge is 0.454 e. The van der Waals surface area contributed by atoms with Crippen molar-refractivity contribution in [1.29, 1.82) is 0 Å². The van der Waals surface area contributed by atoms with Gasteiger partial charge in [-0.05, 0) is 31.9 Å². The number of hydrogen-bond donors (Lipinski definition) is 1. The molecule has 0 spiro atoms. The molecule has 2 aliphatic heterocycles. The van der Waals surface area contributed by atoms with Crippen LogP contribution >= 0.6 is 0 Å². The summed E-state index contributed by atoms with van der Waals surface area (Å²) >= 11 is 0. The topological polar surface area (TPSA) is 95.3 Å². The van der Waals surface area contributed by atoms with Crippen LogP contribution in [0, 0.1) is 13.8 Å². The van der Waals surface area contributed by atoms with Gasteiger partial charge in [0.25, 0.3) is 0 Å². The zero-order chi connectivity index (χ0) is 16.9.